The second-order valence-corrected chi connectivity index (χ2v) is 8.02. The predicted molar refractivity (Wildman–Crippen MR) is 87.5 cm³/mol. The standard InChI is InChI=1S/C15H21N5O2S/c1-18(2)23(21,22)20-9-4-5-13(11-20)14-6-3-7-15(17-14)19-10-8-16-12-19/h3,6-8,10,12-13H,4-5,9,11H2,1-2H3/t13-/m1/s1. The summed E-state index contributed by atoms with van der Waals surface area (Å²) in [5.41, 5.74) is 0.926. The Balaban J connectivity index is 1.83. The maximum absolute atomic E-state index is 12.3. The molecule has 2 aromatic heterocycles. The Morgan fingerprint density at radius 1 is 1.30 bits per heavy atom. The third-order valence-corrected chi connectivity index (χ3v) is 6.02. The summed E-state index contributed by atoms with van der Waals surface area (Å²) in [6.07, 6.45) is 7.04. The van der Waals surface area contributed by atoms with E-state index in [1.165, 1.54) is 4.31 Å². The van der Waals surface area contributed by atoms with Crippen LogP contribution in [0.5, 0.6) is 0 Å². The summed E-state index contributed by atoms with van der Waals surface area (Å²) in [6, 6.07) is 5.84. The lowest BCUT2D eigenvalue weighted by atomic mass is 9.95. The minimum Gasteiger partial charge on any atom is -0.291 e. The van der Waals surface area contributed by atoms with Crippen molar-refractivity contribution in [2.24, 2.45) is 0 Å². The van der Waals surface area contributed by atoms with Crippen LogP contribution in [0.25, 0.3) is 5.82 Å². The van der Waals surface area contributed by atoms with Crippen molar-refractivity contribution in [2.75, 3.05) is 27.2 Å². The first kappa shape index (κ1) is 16.1. The second kappa shape index (κ2) is 6.38. The van der Waals surface area contributed by atoms with Gasteiger partial charge in [-0.2, -0.15) is 17.0 Å². The Bertz CT molecular complexity index is 758. The van der Waals surface area contributed by atoms with Crippen molar-refractivity contribution >= 4 is 10.2 Å². The van der Waals surface area contributed by atoms with Crippen LogP contribution in [0.4, 0.5) is 0 Å². The van der Waals surface area contributed by atoms with Gasteiger partial charge in [-0.1, -0.05) is 6.07 Å². The molecule has 3 rings (SSSR count). The highest BCUT2D eigenvalue weighted by atomic mass is 32.2. The van der Waals surface area contributed by atoms with Crippen molar-refractivity contribution in [3.63, 3.8) is 0 Å². The van der Waals surface area contributed by atoms with Gasteiger partial charge in [0.1, 0.15) is 12.1 Å². The van der Waals surface area contributed by atoms with E-state index < -0.39 is 10.2 Å². The summed E-state index contributed by atoms with van der Waals surface area (Å²) in [5.74, 6) is 0.912. The highest BCUT2D eigenvalue weighted by Gasteiger charge is 2.31. The van der Waals surface area contributed by atoms with Crippen molar-refractivity contribution in [3.05, 3.63) is 42.6 Å². The Labute approximate surface area is 136 Å². The molecular weight excluding hydrogens is 314 g/mol. The van der Waals surface area contributed by atoms with E-state index in [-0.39, 0.29) is 5.92 Å². The van der Waals surface area contributed by atoms with Crippen molar-refractivity contribution in [2.45, 2.75) is 18.8 Å². The number of piperidine rings is 1. The van der Waals surface area contributed by atoms with Gasteiger partial charge >= 0.3 is 0 Å². The minimum atomic E-state index is -3.37. The zero-order chi connectivity index (χ0) is 16.4. The molecule has 0 saturated carbocycles. The number of rotatable bonds is 4. The molecule has 124 valence electrons. The number of aromatic nitrogens is 3. The van der Waals surface area contributed by atoms with Gasteiger partial charge in [0.25, 0.3) is 10.2 Å². The van der Waals surface area contributed by atoms with Gasteiger partial charge in [-0.3, -0.25) is 4.57 Å². The van der Waals surface area contributed by atoms with Crippen molar-refractivity contribution in [1.82, 2.24) is 23.1 Å². The average Bonchev–Trinajstić information content (AvgIpc) is 3.09. The fourth-order valence-electron chi connectivity index (χ4n) is 2.83. The lowest BCUT2D eigenvalue weighted by molar-refractivity contribution is 0.296. The molecule has 7 nitrogen and oxygen atoms in total. The van der Waals surface area contributed by atoms with E-state index in [9.17, 15) is 8.42 Å². The molecule has 0 aromatic carbocycles. The fraction of sp³-hybridized carbons (Fsp3) is 0.467. The summed E-state index contributed by atoms with van der Waals surface area (Å²) in [6.45, 7) is 1.04. The zero-order valence-corrected chi connectivity index (χ0v) is 14.1. The van der Waals surface area contributed by atoms with Crippen LogP contribution in [0, 0.1) is 0 Å². The molecule has 0 N–H and O–H groups in total. The van der Waals surface area contributed by atoms with Crippen molar-refractivity contribution < 1.29 is 8.42 Å². The number of hydrogen-bond donors (Lipinski definition) is 0. The average molecular weight is 335 g/mol. The maximum atomic E-state index is 12.3. The van der Waals surface area contributed by atoms with Crippen LogP contribution in [-0.4, -0.2) is 58.7 Å². The van der Waals surface area contributed by atoms with E-state index in [4.69, 9.17) is 0 Å². The van der Waals surface area contributed by atoms with Crippen LogP contribution >= 0.6 is 0 Å². The van der Waals surface area contributed by atoms with Gasteiger partial charge in [0.2, 0.25) is 0 Å². The van der Waals surface area contributed by atoms with E-state index in [2.05, 4.69) is 9.97 Å². The SMILES string of the molecule is CN(C)S(=O)(=O)N1CCC[C@@H](c2cccc(-n3ccnc3)n2)C1. The molecule has 1 saturated heterocycles. The van der Waals surface area contributed by atoms with E-state index in [1.807, 2.05) is 29.0 Å². The van der Waals surface area contributed by atoms with Gasteiger partial charge in [-0.15, -0.1) is 0 Å². The third-order valence-electron chi connectivity index (χ3n) is 4.12. The van der Waals surface area contributed by atoms with Gasteiger partial charge in [0.15, 0.2) is 0 Å². The molecule has 8 heteroatoms. The van der Waals surface area contributed by atoms with Crippen LogP contribution in [0.2, 0.25) is 0 Å². The van der Waals surface area contributed by atoms with Crippen LogP contribution in [0.3, 0.4) is 0 Å². The molecule has 0 bridgehead atoms. The first-order valence-corrected chi connectivity index (χ1v) is 9.01. The second-order valence-electron chi connectivity index (χ2n) is 5.88. The molecule has 0 aliphatic carbocycles. The predicted octanol–water partition coefficient (Wildman–Crippen LogP) is 1.25. The molecule has 0 unspecified atom stereocenters. The van der Waals surface area contributed by atoms with Crippen molar-refractivity contribution in [1.29, 1.82) is 0 Å². The first-order chi connectivity index (χ1) is 11.0. The van der Waals surface area contributed by atoms with Crippen LogP contribution in [0.15, 0.2) is 36.9 Å². The molecule has 0 spiro atoms. The van der Waals surface area contributed by atoms with E-state index in [0.717, 1.165) is 24.4 Å². The van der Waals surface area contributed by atoms with Crippen LogP contribution in [0.1, 0.15) is 24.5 Å². The van der Waals surface area contributed by atoms with Gasteiger partial charge in [-0.05, 0) is 25.0 Å². The van der Waals surface area contributed by atoms with Crippen LogP contribution in [-0.2, 0) is 10.2 Å². The topological polar surface area (TPSA) is 71.3 Å². The molecule has 3 heterocycles. The fourth-order valence-corrected chi connectivity index (χ4v) is 4.02. The monoisotopic (exact) mass is 335 g/mol. The number of hydrogen-bond acceptors (Lipinski definition) is 4. The lowest BCUT2D eigenvalue weighted by Crippen LogP contribution is -2.45. The molecule has 2 aromatic rings. The highest BCUT2D eigenvalue weighted by Crippen LogP contribution is 2.28. The van der Waals surface area contributed by atoms with Gasteiger partial charge < -0.3 is 0 Å². The first-order valence-electron chi connectivity index (χ1n) is 7.61. The number of imidazole rings is 1. The van der Waals surface area contributed by atoms with Gasteiger partial charge in [0.05, 0.1) is 0 Å². The normalized spacial score (nSPS) is 20.0. The van der Waals surface area contributed by atoms with E-state index in [0.29, 0.717) is 13.1 Å². The summed E-state index contributed by atoms with van der Waals surface area (Å²) in [7, 11) is -0.238. The quantitative estimate of drug-likeness (QED) is 0.843. The Morgan fingerprint density at radius 3 is 2.83 bits per heavy atom. The Hall–Kier alpha value is -1.77. The maximum Gasteiger partial charge on any atom is 0.281 e. The Morgan fingerprint density at radius 2 is 2.13 bits per heavy atom. The minimum absolute atomic E-state index is 0.113. The number of pyridine rings is 1. The molecule has 0 amide bonds. The smallest absolute Gasteiger partial charge is 0.281 e. The molecule has 1 aliphatic heterocycles. The molecule has 1 atom stereocenters. The molecule has 23 heavy (non-hydrogen) atoms. The lowest BCUT2D eigenvalue weighted by Gasteiger charge is -2.33. The Kier molecular flexibility index (Phi) is 4.47. The largest absolute Gasteiger partial charge is 0.291 e. The molecule has 1 aliphatic rings. The summed E-state index contributed by atoms with van der Waals surface area (Å²) in [5, 5.41) is 0. The van der Waals surface area contributed by atoms with Crippen LogP contribution < -0.4 is 0 Å². The zero-order valence-electron chi connectivity index (χ0n) is 13.3. The summed E-state index contributed by atoms with van der Waals surface area (Å²) < 4.78 is 29.3. The molecule has 1 fully saturated rings. The molecular formula is C15H21N5O2S. The van der Waals surface area contributed by atoms with Gasteiger partial charge in [-0.25, -0.2) is 9.97 Å². The van der Waals surface area contributed by atoms with E-state index in [1.54, 1.807) is 30.9 Å². The highest BCUT2D eigenvalue weighted by molar-refractivity contribution is 7.86. The summed E-state index contributed by atoms with van der Waals surface area (Å²) in [4.78, 5) is 8.72. The van der Waals surface area contributed by atoms with Crippen molar-refractivity contribution in [3.8, 4) is 5.82 Å². The molecule has 0 radical (unpaired) electrons. The summed E-state index contributed by atoms with van der Waals surface area (Å²) >= 11 is 0. The number of nitrogens with zero attached hydrogens (tertiary/aromatic N) is 5. The van der Waals surface area contributed by atoms with Gasteiger partial charge in [0, 0.05) is 51.2 Å². The van der Waals surface area contributed by atoms with E-state index >= 15 is 0 Å². The third kappa shape index (κ3) is 3.29.